The minimum Gasteiger partial charge on any atom is -0.450 e. The lowest BCUT2D eigenvalue weighted by molar-refractivity contribution is 0.108. The van der Waals surface area contributed by atoms with Crippen LogP contribution >= 0.6 is 0 Å². The second-order valence-electron chi connectivity index (χ2n) is 5.46. The van der Waals surface area contributed by atoms with Gasteiger partial charge >= 0.3 is 12.1 Å². The lowest BCUT2D eigenvalue weighted by Gasteiger charge is -2.23. The number of rotatable bonds is 2. The lowest BCUT2D eigenvalue weighted by atomic mass is 10.2. The van der Waals surface area contributed by atoms with Crippen LogP contribution in [0.4, 0.5) is 9.59 Å². The standard InChI is InChI=1S/C14H25N3O3/c1-2-20-14(19)17-9-5-8-16(10-11-17)13(18)15-12-6-3-4-7-12/h12H,2-11H2,1H3,(H,15,18). The second-order valence-corrected chi connectivity index (χ2v) is 5.46. The van der Waals surface area contributed by atoms with Gasteiger partial charge in [-0.15, -0.1) is 0 Å². The van der Waals surface area contributed by atoms with Crippen LogP contribution in [0.25, 0.3) is 0 Å². The van der Waals surface area contributed by atoms with Crippen LogP contribution in [-0.4, -0.2) is 60.8 Å². The SMILES string of the molecule is CCOC(=O)N1CCCN(C(=O)NC2CCCC2)CC1. The molecule has 2 aliphatic rings. The number of urea groups is 1. The van der Waals surface area contributed by atoms with E-state index < -0.39 is 0 Å². The maximum Gasteiger partial charge on any atom is 0.409 e. The van der Waals surface area contributed by atoms with Crippen molar-refractivity contribution in [3.63, 3.8) is 0 Å². The fourth-order valence-electron chi connectivity index (χ4n) is 2.85. The van der Waals surface area contributed by atoms with Gasteiger partial charge in [0.05, 0.1) is 6.61 Å². The first-order chi connectivity index (χ1) is 9.70. The van der Waals surface area contributed by atoms with Crippen molar-refractivity contribution >= 4 is 12.1 Å². The van der Waals surface area contributed by atoms with Crippen LogP contribution in [0, 0.1) is 0 Å². The first-order valence-corrected chi connectivity index (χ1v) is 7.68. The number of hydrogen-bond acceptors (Lipinski definition) is 3. The average molecular weight is 283 g/mol. The molecular formula is C14H25N3O3. The second kappa shape index (κ2) is 7.36. The van der Waals surface area contributed by atoms with Crippen molar-refractivity contribution in [2.45, 2.75) is 45.1 Å². The summed E-state index contributed by atoms with van der Waals surface area (Å²) >= 11 is 0. The molecule has 1 aliphatic carbocycles. The van der Waals surface area contributed by atoms with Crippen molar-refractivity contribution < 1.29 is 14.3 Å². The molecule has 1 saturated heterocycles. The molecule has 1 aliphatic heterocycles. The Kier molecular flexibility index (Phi) is 5.49. The fourth-order valence-corrected chi connectivity index (χ4v) is 2.85. The van der Waals surface area contributed by atoms with Gasteiger partial charge in [-0.1, -0.05) is 12.8 Å². The molecule has 0 radical (unpaired) electrons. The van der Waals surface area contributed by atoms with Gasteiger partial charge in [-0.3, -0.25) is 0 Å². The molecule has 3 amide bonds. The van der Waals surface area contributed by atoms with E-state index in [1.165, 1.54) is 12.8 Å². The molecule has 0 aromatic rings. The van der Waals surface area contributed by atoms with Gasteiger partial charge in [-0.05, 0) is 26.2 Å². The van der Waals surface area contributed by atoms with Gasteiger partial charge < -0.3 is 19.9 Å². The van der Waals surface area contributed by atoms with E-state index in [9.17, 15) is 9.59 Å². The van der Waals surface area contributed by atoms with E-state index in [4.69, 9.17) is 4.74 Å². The van der Waals surface area contributed by atoms with Crippen molar-refractivity contribution in [3.8, 4) is 0 Å². The van der Waals surface area contributed by atoms with Crippen LogP contribution in [0.5, 0.6) is 0 Å². The Morgan fingerprint density at radius 3 is 2.40 bits per heavy atom. The maximum atomic E-state index is 12.2. The Hall–Kier alpha value is -1.46. The number of amides is 3. The predicted octanol–water partition coefficient (Wildman–Crippen LogP) is 1.80. The third-order valence-electron chi connectivity index (χ3n) is 3.99. The number of hydrogen-bond donors (Lipinski definition) is 1. The molecule has 114 valence electrons. The molecule has 0 atom stereocenters. The molecular weight excluding hydrogens is 258 g/mol. The van der Waals surface area contributed by atoms with Gasteiger partial charge in [-0.2, -0.15) is 0 Å². The maximum absolute atomic E-state index is 12.2. The summed E-state index contributed by atoms with van der Waals surface area (Å²) in [5.41, 5.74) is 0. The van der Waals surface area contributed by atoms with Crippen LogP contribution < -0.4 is 5.32 Å². The molecule has 6 nitrogen and oxygen atoms in total. The summed E-state index contributed by atoms with van der Waals surface area (Å²) in [6.45, 7) is 4.69. The Morgan fingerprint density at radius 2 is 1.70 bits per heavy atom. The molecule has 0 spiro atoms. The Balaban J connectivity index is 1.79. The van der Waals surface area contributed by atoms with Crippen molar-refractivity contribution in [2.24, 2.45) is 0 Å². The molecule has 20 heavy (non-hydrogen) atoms. The van der Waals surface area contributed by atoms with Crippen LogP contribution in [0.3, 0.4) is 0 Å². The number of ether oxygens (including phenoxy) is 1. The summed E-state index contributed by atoms with van der Waals surface area (Å²) in [7, 11) is 0. The van der Waals surface area contributed by atoms with Gasteiger partial charge in [0.25, 0.3) is 0 Å². The minimum atomic E-state index is -0.273. The topological polar surface area (TPSA) is 61.9 Å². The molecule has 2 rings (SSSR count). The van der Waals surface area contributed by atoms with Crippen LogP contribution in [0.15, 0.2) is 0 Å². The van der Waals surface area contributed by atoms with E-state index in [2.05, 4.69) is 5.32 Å². The van der Waals surface area contributed by atoms with Gasteiger partial charge in [0, 0.05) is 32.2 Å². The smallest absolute Gasteiger partial charge is 0.409 e. The van der Waals surface area contributed by atoms with Crippen LogP contribution in [-0.2, 0) is 4.74 Å². The number of nitrogens with one attached hydrogen (secondary N) is 1. The third kappa shape index (κ3) is 4.02. The fraction of sp³-hybridized carbons (Fsp3) is 0.857. The largest absolute Gasteiger partial charge is 0.450 e. The Bertz CT molecular complexity index is 343. The summed E-state index contributed by atoms with van der Waals surface area (Å²) in [5.74, 6) is 0. The normalized spacial score (nSPS) is 20.6. The van der Waals surface area contributed by atoms with Gasteiger partial charge in [-0.25, -0.2) is 9.59 Å². The molecule has 1 heterocycles. The number of carbonyl (C=O) groups is 2. The molecule has 1 N–H and O–H groups in total. The van der Waals surface area contributed by atoms with E-state index in [0.29, 0.717) is 38.8 Å². The van der Waals surface area contributed by atoms with E-state index in [1.54, 1.807) is 11.8 Å². The molecule has 0 aromatic heterocycles. The van der Waals surface area contributed by atoms with Crippen molar-refractivity contribution in [1.82, 2.24) is 15.1 Å². The first-order valence-electron chi connectivity index (χ1n) is 7.68. The summed E-state index contributed by atoms with van der Waals surface area (Å²) in [4.78, 5) is 27.4. The number of carbonyl (C=O) groups excluding carboxylic acids is 2. The molecule has 0 unspecified atom stereocenters. The zero-order valence-corrected chi connectivity index (χ0v) is 12.3. The van der Waals surface area contributed by atoms with E-state index in [-0.39, 0.29) is 12.1 Å². The van der Waals surface area contributed by atoms with E-state index in [0.717, 1.165) is 19.3 Å². The lowest BCUT2D eigenvalue weighted by Crippen LogP contribution is -2.45. The summed E-state index contributed by atoms with van der Waals surface area (Å²) in [6.07, 6.45) is 5.13. The van der Waals surface area contributed by atoms with E-state index in [1.807, 2.05) is 4.90 Å². The average Bonchev–Trinajstić information content (AvgIpc) is 2.80. The van der Waals surface area contributed by atoms with E-state index >= 15 is 0 Å². The van der Waals surface area contributed by atoms with Crippen LogP contribution in [0.1, 0.15) is 39.0 Å². The Morgan fingerprint density at radius 1 is 1.05 bits per heavy atom. The number of nitrogens with zero attached hydrogens (tertiary/aromatic N) is 2. The zero-order chi connectivity index (χ0) is 14.4. The summed E-state index contributed by atoms with van der Waals surface area (Å²) in [5, 5.41) is 3.10. The zero-order valence-electron chi connectivity index (χ0n) is 12.3. The summed E-state index contributed by atoms with van der Waals surface area (Å²) < 4.78 is 5.01. The van der Waals surface area contributed by atoms with Crippen LogP contribution in [0.2, 0.25) is 0 Å². The minimum absolute atomic E-state index is 0.0163. The van der Waals surface area contributed by atoms with Crippen molar-refractivity contribution in [3.05, 3.63) is 0 Å². The van der Waals surface area contributed by atoms with Gasteiger partial charge in [0.2, 0.25) is 0 Å². The van der Waals surface area contributed by atoms with Gasteiger partial charge in [0.1, 0.15) is 0 Å². The molecule has 0 aromatic carbocycles. The highest BCUT2D eigenvalue weighted by molar-refractivity contribution is 5.75. The molecule has 6 heteroatoms. The van der Waals surface area contributed by atoms with Crippen molar-refractivity contribution in [1.29, 1.82) is 0 Å². The highest BCUT2D eigenvalue weighted by atomic mass is 16.6. The quantitative estimate of drug-likeness (QED) is 0.840. The molecule has 0 bridgehead atoms. The highest BCUT2D eigenvalue weighted by Crippen LogP contribution is 2.18. The van der Waals surface area contributed by atoms with Gasteiger partial charge in [0.15, 0.2) is 0 Å². The predicted molar refractivity (Wildman–Crippen MR) is 75.6 cm³/mol. The van der Waals surface area contributed by atoms with Crippen molar-refractivity contribution in [2.75, 3.05) is 32.8 Å². The molecule has 2 fully saturated rings. The monoisotopic (exact) mass is 283 g/mol. The third-order valence-corrected chi connectivity index (χ3v) is 3.99. The highest BCUT2D eigenvalue weighted by Gasteiger charge is 2.24. The molecule has 1 saturated carbocycles. The Labute approximate surface area is 120 Å². The summed E-state index contributed by atoms with van der Waals surface area (Å²) in [6, 6.07) is 0.356. The first kappa shape index (κ1) is 14.9.